The molecule has 156 valence electrons. The lowest BCUT2D eigenvalue weighted by molar-refractivity contribution is -0.384. The zero-order chi connectivity index (χ0) is 21.8. The Balaban J connectivity index is 1.98. The van der Waals surface area contributed by atoms with Crippen molar-refractivity contribution in [3.63, 3.8) is 0 Å². The van der Waals surface area contributed by atoms with Gasteiger partial charge in [0.05, 0.1) is 36.4 Å². The molecule has 0 fully saturated rings. The van der Waals surface area contributed by atoms with Gasteiger partial charge in [0.15, 0.2) is 5.11 Å². The second-order valence-electron chi connectivity index (χ2n) is 6.44. The van der Waals surface area contributed by atoms with Crippen LogP contribution in [-0.2, 0) is 4.79 Å². The van der Waals surface area contributed by atoms with Crippen LogP contribution in [0.2, 0.25) is 0 Å². The first-order chi connectivity index (χ1) is 14.3. The number of carbonyl (C=O) groups excluding carboxylic acids is 1. The van der Waals surface area contributed by atoms with Crippen molar-refractivity contribution in [3.05, 3.63) is 69.4 Å². The van der Waals surface area contributed by atoms with Gasteiger partial charge in [-0.15, -0.1) is 0 Å². The molecule has 1 heterocycles. The fourth-order valence-electron chi connectivity index (χ4n) is 3.15. The van der Waals surface area contributed by atoms with Gasteiger partial charge in [0, 0.05) is 23.9 Å². The van der Waals surface area contributed by atoms with Crippen LogP contribution in [0, 0.1) is 10.1 Å². The summed E-state index contributed by atoms with van der Waals surface area (Å²) in [6.45, 7) is 1.72. The van der Waals surface area contributed by atoms with Crippen LogP contribution in [-0.4, -0.2) is 30.2 Å². The number of nitrogens with one attached hydrogen (secondary N) is 3. The van der Waals surface area contributed by atoms with Gasteiger partial charge in [-0.3, -0.25) is 14.9 Å². The average molecular weight is 428 g/mol. The molecule has 0 bridgehead atoms. The van der Waals surface area contributed by atoms with Gasteiger partial charge in [-0.25, -0.2) is 0 Å². The summed E-state index contributed by atoms with van der Waals surface area (Å²) >= 11 is 5.22. The Kier molecular flexibility index (Phi) is 6.17. The molecule has 1 aliphatic rings. The predicted molar refractivity (Wildman–Crippen MR) is 116 cm³/mol. The Hall–Kier alpha value is -3.66. The van der Waals surface area contributed by atoms with Gasteiger partial charge in [0.1, 0.15) is 11.5 Å². The second kappa shape index (κ2) is 8.78. The van der Waals surface area contributed by atoms with Gasteiger partial charge in [-0.05, 0) is 36.8 Å². The van der Waals surface area contributed by atoms with Crippen LogP contribution in [0.25, 0.3) is 0 Å². The van der Waals surface area contributed by atoms with Gasteiger partial charge in [-0.2, -0.15) is 0 Å². The Bertz CT molecular complexity index is 1050. The molecule has 0 saturated heterocycles. The minimum atomic E-state index is -0.664. The van der Waals surface area contributed by atoms with E-state index in [2.05, 4.69) is 16.0 Å². The highest BCUT2D eigenvalue weighted by atomic mass is 32.1. The molecule has 0 saturated carbocycles. The van der Waals surface area contributed by atoms with E-state index in [4.69, 9.17) is 21.7 Å². The van der Waals surface area contributed by atoms with Gasteiger partial charge in [0.25, 0.3) is 11.6 Å². The maximum absolute atomic E-state index is 13.2. The second-order valence-corrected chi connectivity index (χ2v) is 6.85. The highest BCUT2D eigenvalue weighted by Gasteiger charge is 2.31. The standard InChI is InChI=1S/C20H20N4O5S/c1-11-17(19(25)22-15-8-7-14(28-2)10-16(15)29-3)18(23-20(30)21-11)12-5-4-6-13(9-12)24(26)27/h4-10,18H,1-3H3,(H,22,25)(H2,21,23,30)/t18-/m0/s1. The normalized spacial score (nSPS) is 15.7. The fourth-order valence-corrected chi connectivity index (χ4v) is 3.43. The van der Waals surface area contributed by atoms with E-state index in [-0.39, 0.29) is 5.69 Å². The number of benzene rings is 2. The molecule has 0 radical (unpaired) electrons. The number of anilines is 1. The number of rotatable bonds is 6. The van der Waals surface area contributed by atoms with Crippen molar-refractivity contribution in [3.8, 4) is 11.5 Å². The van der Waals surface area contributed by atoms with Gasteiger partial charge < -0.3 is 25.4 Å². The maximum atomic E-state index is 13.2. The summed E-state index contributed by atoms with van der Waals surface area (Å²) in [7, 11) is 3.02. The Morgan fingerprint density at radius 1 is 1.20 bits per heavy atom. The number of nitro benzene ring substituents is 1. The molecule has 2 aromatic rings. The van der Waals surface area contributed by atoms with E-state index < -0.39 is 16.9 Å². The molecular formula is C20H20N4O5S. The maximum Gasteiger partial charge on any atom is 0.269 e. The van der Waals surface area contributed by atoms with Crippen LogP contribution in [0.3, 0.4) is 0 Å². The number of amides is 1. The third kappa shape index (κ3) is 4.33. The first-order valence-electron chi connectivity index (χ1n) is 8.90. The number of hydrogen-bond acceptors (Lipinski definition) is 6. The first-order valence-corrected chi connectivity index (χ1v) is 9.31. The molecule has 1 aliphatic heterocycles. The topological polar surface area (TPSA) is 115 Å². The fraction of sp³-hybridized carbons (Fsp3) is 0.200. The van der Waals surface area contributed by atoms with E-state index >= 15 is 0 Å². The van der Waals surface area contributed by atoms with Crippen LogP contribution in [0.4, 0.5) is 11.4 Å². The molecule has 3 rings (SSSR count). The lowest BCUT2D eigenvalue weighted by Gasteiger charge is -2.30. The van der Waals surface area contributed by atoms with Crippen molar-refractivity contribution in [2.75, 3.05) is 19.5 Å². The van der Waals surface area contributed by atoms with Crippen molar-refractivity contribution < 1.29 is 19.2 Å². The van der Waals surface area contributed by atoms with Gasteiger partial charge in [0.2, 0.25) is 0 Å². The van der Waals surface area contributed by atoms with Crippen LogP contribution in [0.5, 0.6) is 11.5 Å². The Morgan fingerprint density at radius 2 is 1.97 bits per heavy atom. The highest BCUT2D eigenvalue weighted by molar-refractivity contribution is 7.80. The number of methoxy groups -OCH3 is 2. The van der Waals surface area contributed by atoms with Crippen LogP contribution >= 0.6 is 12.2 Å². The number of allylic oxidation sites excluding steroid dienone is 1. The Labute approximate surface area is 178 Å². The number of carbonyl (C=O) groups is 1. The van der Waals surface area contributed by atoms with Crippen molar-refractivity contribution in [1.82, 2.24) is 10.6 Å². The average Bonchev–Trinajstić information content (AvgIpc) is 2.73. The molecule has 2 aromatic carbocycles. The van der Waals surface area contributed by atoms with E-state index in [0.29, 0.717) is 39.1 Å². The van der Waals surface area contributed by atoms with E-state index in [1.54, 1.807) is 37.3 Å². The van der Waals surface area contributed by atoms with Crippen LogP contribution in [0.1, 0.15) is 18.5 Å². The minimum absolute atomic E-state index is 0.0759. The molecule has 0 spiro atoms. The SMILES string of the molecule is COc1ccc(NC(=O)C2=C(C)NC(=S)N[C@H]2c2cccc([N+](=O)[O-])c2)c(OC)c1. The van der Waals surface area contributed by atoms with Gasteiger partial charge >= 0.3 is 0 Å². The lowest BCUT2D eigenvalue weighted by atomic mass is 9.94. The van der Waals surface area contributed by atoms with Crippen LogP contribution < -0.4 is 25.4 Å². The molecule has 3 N–H and O–H groups in total. The monoisotopic (exact) mass is 428 g/mol. The predicted octanol–water partition coefficient (Wildman–Crippen LogP) is 3.04. The summed E-state index contributed by atoms with van der Waals surface area (Å²) in [5, 5.41) is 20.3. The number of thiocarbonyl (C=S) groups is 1. The molecular weight excluding hydrogens is 408 g/mol. The minimum Gasteiger partial charge on any atom is -0.497 e. The highest BCUT2D eigenvalue weighted by Crippen LogP contribution is 2.33. The van der Waals surface area contributed by atoms with E-state index in [1.807, 2.05) is 0 Å². The first kappa shape index (κ1) is 21.1. The number of nitrogens with zero attached hydrogens (tertiary/aromatic N) is 1. The number of ether oxygens (including phenoxy) is 2. The molecule has 30 heavy (non-hydrogen) atoms. The molecule has 10 heteroatoms. The molecule has 1 amide bonds. The summed E-state index contributed by atoms with van der Waals surface area (Å²) < 4.78 is 10.5. The summed E-state index contributed by atoms with van der Waals surface area (Å²) in [5.74, 6) is 0.608. The number of non-ortho nitro benzene ring substituents is 1. The summed E-state index contributed by atoms with van der Waals surface area (Å²) in [5.41, 5.74) is 1.81. The summed E-state index contributed by atoms with van der Waals surface area (Å²) in [6, 6.07) is 10.4. The van der Waals surface area contributed by atoms with Crippen LogP contribution in [0.15, 0.2) is 53.7 Å². The van der Waals surface area contributed by atoms with Crippen molar-refractivity contribution in [1.29, 1.82) is 0 Å². The van der Waals surface area contributed by atoms with Crippen molar-refractivity contribution in [2.45, 2.75) is 13.0 Å². The molecule has 0 aliphatic carbocycles. The zero-order valence-electron chi connectivity index (χ0n) is 16.5. The lowest BCUT2D eigenvalue weighted by Crippen LogP contribution is -2.45. The molecule has 0 aromatic heterocycles. The van der Waals surface area contributed by atoms with E-state index in [0.717, 1.165) is 0 Å². The van der Waals surface area contributed by atoms with Crippen molar-refractivity contribution >= 4 is 34.6 Å². The summed E-state index contributed by atoms with van der Waals surface area (Å²) in [6.07, 6.45) is 0. The molecule has 1 atom stereocenters. The smallest absolute Gasteiger partial charge is 0.269 e. The van der Waals surface area contributed by atoms with E-state index in [9.17, 15) is 14.9 Å². The van der Waals surface area contributed by atoms with Gasteiger partial charge in [-0.1, -0.05) is 12.1 Å². The number of nitro groups is 1. The largest absolute Gasteiger partial charge is 0.497 e. The molecule has 0 unspecified atom stereocenters. The van der Waals surface area contributed by atoms with Crippen molar-refractivity contribution in [2.24, 2.45) is 0 Å². The zero-order valence-corrected chi connectivity index (χ0v) is 17.3. The number of hydrogen-bond donors (Lipinski definition) is 3. The quantitative estimate of drug-likeness (QED) is 0.365. The third-order valence-electron chi connectivity index (χ3n) is 4.59. The summed E-state index contributed by atoms with van der Waals surface area (Å²) in [4.78, 5) is 23.9. The van der Waals surface area contributed by atoms with E-state index in [1.165, 1.54) is 26.4 Å². The third-order valence-corrected chi connectivity index (χ3v) is 4.80. The molecule has 9 nitrogen and oxygen atoms in total. The Morgan fingerprint density at radius 3 is 2.63 bits per heavy atom.